The Hall–Kier alpha value is -1.79. The molecule has 22 heavy (non-hydrogen) atoms. The highest BCUT2D eigenvalue weighted by molar-refractivity contribution is 5.95. The summed E-state index contributed by atoms with van der Waals surface area (Å²) in [7, 11) is 1.72. The highest BCUT2D eigenvalue weighted by atomic mass is 16.7. The second kappa shape index (κ2) is 6.98. The van der Waals surface area contributed by atoms with Gasteiger partial charge < -0.3 is 19.1 Å². The zero-order valence-electron chi connectivity index (χ0n) is 12.9. The first-order valence-electron chi connectivity index (χ1n) is 7.68. The van der Waals surface area contributed by atoms with Gasteiger partial charge in [0, 0.05) is 38.9 Å². The SMILES string of the molecule is COCCN1CCCN(C(=O)c2ccc3c(c2)OCO3)CC1. The number of carbonyl (C=O) groups is 1. The quantitative estimate of drug-likeness (QED) is 0.837. The Morgan fingerprint density at radius 2 is 2.05 bits per heavy atom. The Morgan fingerprint density at radius 1 is 1.18 bits per heavy atom. The molecule has 0 spiro atoms. The first-order chi connectivity index (χ1) is 10.8. The van der Waals surface area contributed by atoms with E-state index >= 15 is 0 Å². The maximum absolute atomic E-state index is 12.7. The van der Waals surface area contributed by atoms with Crippen LogP contribution in [0.15, 0.2) is 18.2 Å². The zero-order valence-corrected chi connectivity index (χ0v) is 12.9. The van der Waals surface area contributed by atoms with Crippen molar-refractivity contribution in [2.75, 3.05) is 53.2 Å². The molecule has 0 saturated carbocycles. The van der Waals surface area contributed by atoms with Crippen LogP contribution in [0.1, 0.15) is 16.8 Å². The Morgan fingerprint density at radius 3 is 2.91 bits per heavy atom. The fourth-order valence-corrected chi connectivity index (χ4v) is 2.83. The van der Waals surface area contributed by atoms with Gasteiger partial charge in [0.2, 0.25) is 6.79 Å². The van der Waals surface area contributed by atoms with E-state index in [0.29, 0.717) is 17.1 Å². The van der Waals surface area contributed by atoms with Crippen molar-refractivity contribution in [3.8, 4) is 11.5 Å². The van der Waals surface area contributed by atoms with E-state index in [-0.39, 0.29) is 12.7 Å². The lowest BCUT2D eigenvalue weighted by Crippen LogP contribution is -2.36. The molecule has 2 aliphatic rings. The minimum Gasteiger partial charge on any atom is -0.454 e. The maximum atomic E-state index is 12.7. The lowest BCUT2D eigenvalue weighted by Gasteiger charge is -2.22. The van der Waals surface area contributed by atoms with E-state index < -0.39 is 0 Å². The molecule has 0 aliphatic carbocycles. The van der Waals surface area contributed by atoms with Crippen molar-refractivity contribution in [1.82, 2.24) is 9.80 Å². The van der Waals surface area contributed by atoms with E-state index in [2.05, 4.69) is 4.90 Å². The molecule has 120 valence electrons. The third-order valence-electron chi connectivity index (χ3n) is 4.11. The van der Waals surface area contributed by atoms with Crippen LogP contribution >= 0.6 is 0 Å². The molecule has 6 nitrogen and oxygen atoms in total. The predicted molar refractivity (Wildman–Crippen MR) is 81.4 cm³/mol. The molecule has 0 unspecified atom stereocenters. The van der Waals surface area contributed by atoms with Crippen LogP contribution in [0.25, 0.3) is 0 Å². The molecule has 0 radical (unpaired) electrons. The number of fused-ring (bicyclic) bond motifs is 1. The zero-order chi connectivity index (χ0) is 15.4. The molecule has 0 atom stereocenters. The number of carbonyl (C=O) groups excluding carboxylic acids is 1. The van der Waals surface area contributed by atoms with Gasteiger partial charge in [-0.05, 0) is 31.2 Å². The Balaban J connectivity index is 1.62. The number of hydrogen-bond donors (Lipinski definition) is 0. The van der Waals surface area contributed by atoms with Gasteiger partial charge in [-0.3, -0.25) is 9.69 Å². The van der Waals surface area contributed by atoms with Gasteiger partial charge >= 0.3 is 0 Å². The van der Waals surface area contributed by atoms with Crippen molar-refractivity contribution in [2.24, 2.45) is 0 Å². The average molecular weight is 306 g/mol. The van der Waals surface area contributed by atoms with Crippen molar-refractivity contribution < 1.29 is 19.0 Å². The summed E-state index contributed by atoms with van der Waals surface area (Å²) >= 11 is 0. The minimum atomic E-state index is 0.0619. The van der Waals surface area contributed by atoms with Crippen LogP contribution in [0.2, 0.25) is 0 Å². The van der Waals surface area contributed by atoms with Crippen LogP contribution in [-0.4, -0.2) is 68.9 Å². The number of benzene rings is 1. The van der Waals surface area contributed by atoms with Crippen LogP contribution in [0.4, 0.5) is 0 Å². The van der Waals surface area contributed by atoms with Gasteiger partial charge in [-0.1, -0.05) is 0 Å². The van der Waals surface area contributed by atoms with Gasteiger partial charge in [0.1, 0.15) is 0 Å². The molecule has 1 fully saturated rings. The molecule has 1 aromatic carbocycles. The molecule has 2 heterocycles. The smallest absolute Gasteiger partial charge is 0.254 e. The molecule has 0 N–H and O–H groups in total. The largest absolute Gasteiger partial charge is 0.454 e. The van der Waals surface area contributed by atoms with Crippen molar-refractivity contribution in [1.29, 1.82) is 0 Å². The van der Waals surface area contributed by atoms with Crippen molar-refractivity contribution in [3.05, 3.63) is 23.8 Å². The van der Waals surface area contributed by atoms with Crippen molar-refractivity contribution >= 4 is 5.91 Å². The highest BCUT2D eigenvalue weighted by Gasteiger charge is 2.22. The van der Waals surface area contributed by atoms with Crippen LogP contribution < -0.4 is 9.47 Å². The lowest BCUT2D eigenvalue weighted by molar-refractivity contribution is 0.0758. The van der Waals surface area contributed by atoms with E-state index in [4.69, 9.17) is 14.2 Å². The maximum Gasteiger partial charge on any atom is 0.254 e. The molecule has 6 heteroatoms. The summed E-state index contributed by atoms with van der Waals surface area (Å²) in [6.45, 7) is 5.31. The monoisotopic (exact) mass is 306 g/mol. The van der Waals surface area contributed by atoms with Crippen LogP contribution in [-0.2, 0) is 4.74 Å². The van der Waals surface area contributed by atoms with Gasteiger partial charge in [0.15, 0.2) is 11.5 Å². The number of hydrogen-bond acceptors (Lipinski definition) is 5. The summed E-state index contributed by atoms with van der Waals surface area (Å²) in [5.41, 5.74) is 0.662. The molecule has 0 aromatic heterocycles. The highest BCUT2D eigenvalue weighted by Crippen LogP contribution is 2.32. The summed E-state index contributed by atoms with van der Waals surface area (Å²) in [5, 5.41) is 0. The van der Waals surface area contributed by atoms with Gasteiger partial charge in [0.05, 0.1) is 6.61 Å². The number of methoxy groups -OCH3 is 1. The molecule has 3 rings (SSSR count). The molecule has 1 amide bonds. The third-order valence-corrected chi connectivity index (χ3v) is 4.11. The van der Waals surface area contributed by atoms with Gasteiger partial charge in [-0.15, -0.1) is 0 Å². The van der Waals surface area contributed by atoms with Crippen LogP contribution in [0, 0.1) is 0 Å². The number of nitrogens with zero attached hydrogens (tertiary/aromatic N) is 2. The Kier molecular flexibility index (Phi) is 4.80. The molecule has 1 aromatic rings. The van der Waals surface area contributed by atoms with Gasteiger partial charge in [0.25, 0.3) is 5.91 Å². The van der Waals surface area contributed by atoms with Crippen LogP contribution in [0.5, 0.6) is 11.5 Å². The van der Waals surface area contributed by atoms with E-state index in [1.54, 1.807) is 19.2 Å². The topological polar surface area (TPSA) is 51.2 Å². The van der Waals surface area contributed by atoms with Crippen molar-refractivity contribution in [3.63, 3.8) is 0 Å². The van der Waals surface area contributed by atoms with E-state index in [0.717, 1.165) is 45.8 Å². The summed E-state index contributed by atoms with van der Waals surface area (Å²) in [6, 6.07) is 5.39. The first-order valence-corrected chi connectivity index (χ1v) is 7.68. The number of amides is 1. The fourth-order valence-electron chi connectivity index (χ4n) is 2.83. The normalized spacial score (nSPS) is 18.3. The summed E-state index contributed by atoms with van der Waals surface area (Å²) in [4.78, 5) is 16.9. The second-order valence-corrected chi connectivity index (χ2v) is 5.55. The minimum absolute atomic E-state index is 0.0619. The molecular formula is C16H22N2O4. The van der Waals surface area contributed by atoms with Crippen molar-refractivity contribution in [2.45, 2.75) is 6.42 Å². The summed E-state index contributed by atoms with van der Waals surface area (Å²) in [6.07, 6.45) is 0.986. The molecular weight excluding hydrogens is 284 g/mol. The van der Waals surface area contributed by atoms with Crippen LogP contribution in [0.3, 0.4) is 0 Å². The molecule has 1 saturated heterocycles. The van der Waals surface area contributed by atoms with Gasteiger partial charge in [-0.25, -0.2) is 0 Å². The summed E-state index contributed by atoms with van der Waals surface area (Å²) in [5.74, 6) is 1.42. The Bertz CT molecular complexity index is 535. The first kappa shape index (κ1) is 15.1. The fraction of sp³-hybridized carbons (Fsp3) is 0.562. The lowest BCUT2D eigenvalue weighted by atomic mass is 10.1. The van der Waals surface area contributed by atoms with E-state index in [1.807, 2.05) is 11.0 Å². The molecule has 2 aliphatic heterocycles. The number of ether oxygens (including phenoxy) is 3. The Labute approximate surface area is 130 Å². The van der Waals surface area contributed by atoms with E-state index in [9.17, 15) is 4.79 Å². The standard InChI is InChI=1S/C16H22N2O4/c1-20-10-9-17-5-2-6-18(8-7-17)16(19)13-3-4-14-15(11-13)22-12-21-14/h3-4,11H,2,5-10,12H2,1H3. The number of rotatable bonds is 4. The molecule has 0 bridgehead atoms. The third kappa shape index (κ3) is 3.34. The second-order valence-electron chi connectivity index (χ2n) is 5.55. The van der Waals surface area contributed by atoms with E-state index in [1.165, 1.54) is 0 Å². The predicted octanol–water partition coefficient (Wildman–Crippen LogP) is 1.21. The average Bonchev–Trinajstić information content (AvgIpc) is 2.89. The summed E-state index contributed by atoms with van der Waals surface area (Å²) < 4.78 is 15.8. The van der Waals surface area contributed by atoms with Gasteiger partial charge in [-0.2, -0.15) is 0 Å².